The second-order valence-corrected chi connectivity index (χ2v) is 5.03. The van der Waals surface area contributed by atoms with Crippen LogP contribution in [0.5, 0.6) is 0 Å². The third-order valence-electron chi connectivity index (χ3n) is 3.50. The van der Waals surface area contributed by atoms with Crippen LogP contribution in [-0.4, -0.2) is 65.4 Å². The third kappa shape index (κ3) is 4.26. The van der Waals surface area contributed by atoms with Gasteiger partial charge in [-0.3, -0.25) is 9.80 Å². The summed E-state index contributed by atoms with van der Waals surface area (Å²) in [5, 5.41) is 7.92. The maximum absolute atomic E-state index is 5.43. The summed E-state index contributed by atoms with van der Waals surface area (Å²) in [4.78, 5) is 4.85. The molecule has 1 aliphatic rings. The van der Waals surface area contributed by atoms with Crippen LogP contribution in [0.25, 0.3) is 0 Å². The van der Waals surface area contributed by atoms with Gasteiger partial charge in [0.25, 0.3) is 0 Å². The maximum Gasteiger partial charge on any atom is 0.230 e. The molecule has 1 aromatic rings. The quantitative estimate of drug-likeness (QED) is 0.715. The van der Waals surface area contributed by atoms with Gasteiger partial charge in [-0.2, -0.15) is 0 Å². The van der Waals surface area contributed by atoms with E-state index in [1.165, 1.54) is 0 Å². The highest BCUT2D eigenvalue weighted by Gasteiger charge is 2.24. The van der Waals surface area contributed by atoms with Gasteiger partial charge in [0.15, 0.2) is 0 Å². The van der Waals surface area contributed by atoms with E-state index in [0.717, 1.165) is 45.9 Å². The molecular weight excluding hydrogens is 244 g/mol. The Morgan fingerprint density at radius 2 is 2.21 bits per heavy atom. The van der Waals surface area contributed by atoms with Gasteiger partial charge >= 0.3 is 0 Å². The van der Waals surface area contributed by atoms with Gasteiger partial charge in [0.2, 0.25) is 11.8 Å². The van der Waals surface area contributed by atoms with E-state index >= 15 is 0 Å². The first-order valence-corrected chi connectivity index (χ1v) is 7.02. The van der Waals surface area contributed by atoms with Gasteiger partial charge in [-0.25, -0.2) is 0 Å². The average molecular weight is 268 g/mol. The van der Waals surface area contributed by atoms with Crippen LogP contribution >= 0.6 is 0 Å². The summed E-state index contributed by atoms with van der Waals surface area (Å²) < 4.78 is 10.9. The predicted molar refractivity (Wildman–Crippen MR) is 71.8 cm³/mol. The number of rotatable bonds is 6. The lowest BCUT2D eigenvalue weighted by molar-refractivity contribution is 0.0436. The molecule has 1 aliphatic heterocycles. The highest BCUT2D eigenvalue weighted by Crippen LogP contribution is 2.12. The summed E-state index contributed by atoms with van der Waals surface area (Å²) in [7, 11) is 0. The minimum Gasteiger partial charge on any atom is -0.424 e. The maximum atomic E-state index is 5.43. The first-order chi connectivity index (χ1) is 9.19. The Labute approximate surface area is 114 Å². The Bertz CT molecular complexity index is 382. The summed E-state index contributed by atoms with van der Waals surface area (Å²) in [6, 6.07) is 0.540. The second-order valence-electron chi connectivity index (χ2n) is 5.03. The van der Waals surface area contributed by atoms with E-state index in [9.17, 15) is 0 Å². The molecule has 0 amide bonds. The Balaban J connectivity index is 1.76. The molecule has 1 atom stereocenters. The second kappa shape index (κ2) is 6.98. The zero-order valence-corrected chi connectivity index (χ0v) is 12.1. The van der Waals surface area contributed by atoms with Crippen molar-refractivity contribution in [2.45, 2.75) is 33.4 Å². The van der Waals surface area contributed by atoms with Gasteiger partial charge in [0.05, 0.1) is 13.2 Å². The van der Waals surface area contributed by atoms with E-state index in [0.29, 0.717) is 17.8 Å². The lowest BCUT2D eigenvalue weighted by Gasteiger charge is -2.39. The van der Waals surface area contributed by atoms with Crippen molar-refractivity contribution in [3.63, 3.8) is 0 Å². The highest BCUT2D eigenvalue weighted by molar-refractivity contribution is 4.84. The Kier molecular flexibility index (Phi) is 5.30. The van der Waals surface area contributed by atoms with Gasteiger partial charge in [0, 0.05) is 45.8 Å². The topological polar surface area (TPSA) is 54.6 Å². The fourth-order valence-electron chi connectivity index (χ4n) is 2.47. The molecule has 1 unspecified atom stereocenters. The van der Waals surface area contributed by atoms with Crippen LogP contribution in [0.15, 0.2) is 4.42 Å². The number of hydrogen-bond acceptors (Lipinski definition) is 6. The third-order valence-corrected chi connectivity index (χ3v) is 3.50. The van der Waals surface area contributed by atoms with Crippen LogP contribution in [0.2, 0.25) is 0 Å². The molecule has 1 fully saturated rings. The normalized spacial score (nSPS) is 21.9. The minimum atomic E-state index is 0.540. The first-order valence-electron chi connectivity index (χ1n) is 7.02. The smallest absolute Gasteiger partial charge is 0.230 e. The van der Waals surface area contributed by atoms with Crippen LogP contribution in [0.1, 0.15) is 25.6 Å². The van der Waals surface area contributed by atoms with Gasteiger partial charge in [-0.1, -0.05) is 0 Å². The van der Waals surface area contributed by atoms with Crippen LogP contribution in [0.3, 0.4) is 0 Å². The molecule has 1 saturated heterocycles. The van der Waals surface area contributed by atoms with E-state index in [-0.39, 0.29) is 0 Å². The van der Waals surface area contributed by atoms with E-state index in [1.807, 2.05) is 13.8 Å². The van der Waals surface area contributed by atoms with Gasteiger partial charge < -0.3 is 9.15 Å². The number of nitrogens with zero attached hydrogens (tertiary/aromatic N) is 4. The summed E-state index contributed by atoms with van der Waals surface area (Å²) in [5.74, 6) is 1.35. The Hall–Kier alpha value is -0.980. The molecule has 19 heavy (non-hydrogen) atoms. The van der Waals surface area contributed by atoms with Crippen LogP contribution in [0, 0.1) is 6.92 Å². The van der Waals surface area contributed by atoms with Gasteiger partial charge in [0.1, 0.15) is 0 Å². The molecule has 0 saturated carbocycles. The number of hydrogen-bond donors (Lipinski definition) is 0. The van der Waals surface area contributed by atoms with E-state index in [1.54, 1.807) is 0 Å². The largest absolute Gasteiger partial charge is 0.424 e. The molecule has 0 aliphatic carbocycles. The SMILES string of the molecule is CCOCCN1CCN(Cc2nnc(C)o2)CC1C. The van der Waals surface area contributed by atoms with Crippen molar-refractivity contribution < 1.29 is 9.15 Å². The zero-order valence-electron chi connectivity index (χ0n) is 12.1. The van der Waals surface area contributed by atoms with Gasteiger partial charge in [-0.15, -0.1) is 10.2 Å². The van der Waals surface area contributed by atoms with Crippen molar-refractivity contribution in [2.75, 3.05) is 39.4 Å². The molecule has 0 radical (unpaired) electrons. The van der Waals surface area contributed by atoms with Crippen LogP contribution in [-0.2, 0) is 11.3 Å². The number of aryl methyl sites for hydroxylation is 1. The van der Waals surface area contributed by atoms with Crippen molar-refractivity contribution in [1.82, 2.24) is 20.0 Å². The van der Waals surface area contributed by atoms with Crippen molar-refractivity contribution >= 4 is 0 Å². The highest BCUT2D eigenvalue weighted by atomic mass is 16.5. The molecule has 2 heterocycles. The Morgan fingerprint density at radius 3 is 2.84 bits per heavy atom. The molecule has 0 spiro atoms. The lowest BCUT2D eigenvalue weighted by Crippen LogP contribution is -2.52. The van der Waals surface area contributed by atoms with Crippen LogP contribution < -0.4 is 0 Å². The van der Waals surface area contributed by atoms with Crippen molar-refractivity contribution in [2.24, 2.45) is 0 Å². The molecule has 108 valence electrons. The number of piperazine rings is 1. The molecule has 6 heteroatoms. The molecule has 6 nitrogen and oxygen atoms in total. The number of ether oxygens (including phenoxy) is 1. The van der Waals surface area contributed by atoms with Crippen molar-refractivity contribution in [3.8, 4) is 0 Å². The summed E-state index contributed by atoms with van der Waals surface area (Å²) in [6.07, 6.45) is 0. The standard InChI is InChI=1S/C13H24N4O2/c1-4-18-8-7-17-6-5-16(9-11(17)2)10-13-15-14-12(3)19-13/h11H,4-10H2,1-3H3. The fraction of sp³-hybridized carbons (Fsp3) is 0.846. The van der Waals surface area contributed by atoms with Crippen molar-refractivity contribution in [3.05, 3.63) is 11.8 Å². The molecule has 0 aromatic carbocycles. The molecule has 1 aromatic heterocycles. The van der Waals surface area contributed by atoms with Crippen molar-refractivity contribution in [1.29, 1.82) is 0 Å². The summed E-state index contributed by atoms with van der Waals surface area (Å²) in [6.45, 7) is 12.7. The molecular formula is C13H24N4O2. The predicted octanol–water partition coefficient (Wildman–Crippen LogP) is 0.921. The minimum absolute atomic E-state index is 0.540. The summed E-state index contributed by atoms with van der Waals surface area (Å²) >= 11 is 0. The summed E-state index contributed by atoms with van der Waals surface area (Å²) in [5.41, 5.74) is 0. The monoisotopic (exact) mass is 268 g/mol. The van der Waals surface area contributed by atoms with E-state index < -0.39 is 0 Å². The van der Waals surface area contributed by atoms with Gasteiger partial charge in [-0.05, 0) is 13.8 Å². The molecule has 0 bridgehead atoms. The first kappa shape index (κ1) is 14.4. The average Bonchev–Trinajstić information content (AvgIpc) is 2.78. The number of aromatic nitrogens is 2. The lowest BCUT2D eigenvalue weighted by atomic mass is 10.2. The Morgan fingerprint density at radius 1 is 1.37 bits per heavy atom. The van der Waals surface area contributed by atoms with E-state index in [4.69, 9.17) is 9.15 Å². The zero-order chi connectivity index (χ0) is 13.7. The molecule has 2 rings (SSSR count). The van der Waals surface area contributed by atoms with E-state index in [2.05, 4.69) is 26.9 Å². The molecule has 0 N–H and O–H groups in total. The van der Waals surface area contributed by atoms with Crippen LogP contribution in [0.4, 0.5) is 0 Å². The fourth-order valence-corrected chi connectivity index (χ4v) is 2.47.